The van der Waals surface area contributed by atoms with Crippen LogP contribution in [0.2, 0.25) is 5.02 Å². The zero-order valence-electron chi connectivity index (χ0n) is 14.2. The first kappa shape index (κ1) is 20.5. The number of halogens is 1. The Labute approximate surface area is 162 Å². The molecule has 0 fully saturated rings. The number of nitrogens with one attached hydrogen (secondary N) is 1. The number of hydrogen-bond acceptors (Lipinski definition) is 4. The van der Waals surface area contributed by atoms with E-state index in [1.807, 2.05) is 0 Å². The number of carbonyl (C=O) groups is 2. The minimum absolute atomic E-state index is 0. The van der Waals surface area contributed by atoms with E-state index in [4.69, 9.17) is 21.5 Å². The van der Waals surface area contributed by atoms with Crippen molar-refractivity contribution in [3.05, 3.63) is 64.3 Å². The van der Waals surface area contributed by atoms with Crippen LogP contribution in [0, 0.1) is 6.92 Å². The molecule has 1 heterocycles. The van der Waals surface area contributed by atoms with Crippen molar-refractivity contribution in [2.24, 2.45) is 0 Å². The lowest BCUT2D eigenvalue weighted by molar-refractivity contribution is -0.128. The fourth-order valence-corrected chi connectivity index (χ4v) is 3.12. The van der Waals surface area contributed by atoms with Crippen LogP contribution in [-0.4, -0.2) is 28.7 Å². The first-order chi connectivity index (χ1) is 12.5. The number of carbonyl (C=O) groups excluding carboxylic acids is 2. The van der Waals surface area contributed by atoms with Crippen LogP contribution < -0.4 is 10.2 Å². The Hall–Kier alpha value is -2.83. The molecule has 6 nitrogen and oxygen atoms in total. The van der Waals surface area contributed by atoms with E-state index in [0.29, 0.717) is 38.5 Å². The summed E-state index contributed by atoms with van der Waals surface area (Å²) >= 11 is 5.90. The molecule has 3 rings (SSSR count). The minimum Gasteiger partial charge on any atom is -0.497 e. The van der Waals surface area contributed by atoms with Gasteiger partial charge >= 0.3 is 0 Å². The number of amides is 1. The number of benzene rings is 2. The third kappa shape index (κ3) is 3.82. The summed E-state index contributed by atoms with van der Waals surface area (Å²) in [5, 5.41) is 10.1. The first-order valence-electron chi connectivity index (χ1n) is 7.87. The summed E-state index contributed by atoms with van der Waals surface area (Å²) in [7, 11) is 1.55. The SMILES string of the molecule is C.COc1ccc2c(c1)c(CC(=O)NO)c(C)n2C(=O)c1ccc(Cl)cc1. The molecule has 3 aromatic rings. The zero-order valence-corrected chi connectivity index (χ0v) is 15.0. The number of hydrogen-bond donors (Lipinski definition) is 2. The van der Waals surface area contributed by atoms with Crippen LogP contribution >= 0.6 is 11.6 Å². The molecule has 0 saturated heterocycles. The molecular weight excluding hydrogens is 368 g/mol. The molecule has 0 spiro atoms. The number of hydroxylamine groups is 1. The number of methoxy groups -OCH3 is 1. The summed E-state index contributed by atoms with van der Waals surface area (Å²) in [5.74, 6) is -0.182. The third-order valence-corrected chi connectivity index (χ3v) is 4.55. The van der Waals surface area contributed by atoms with Gasteiger partial charge in [-0.2, -0.15) is 0 Å². The number of aromatic nitrogens is 1. The highest BCUT2D eigenvalue weighted by Crippen LogP contribution is 2.30. The van der Waals surface area contributed by atoms with Gasteiger partial charge in [-0.25, -0.2) is 5.48 Å². The van der Waals surface area contributed by atoms with Crippen molar-refractivity contribution in [3.8, 4) is 5.75 Å². The quantitative estimate of drug-likeness (QED) is 0.523. The molecule has 0 saturated carbocycles. The second-order valence-electron chi connectivity index (χ2n) is 5.81. The lowest BCUT2D eigenvalue weighted by Crippen LogP contribution is -2.21. The maximum absolute atomic E-state index is 13.1. The van der Waals surface area contributed by atoms with E-state index in [1.165, 1.54) is 0 Å². The van der Waals surface area contributed by atoms with Crippen molar-refractivity contribution in [3.63, 3.8) is 0 Å². The topological polar surface area (TPSA) is 80.6 Å². The highest BCUT2D eigenvalue weighted by Gasteiger charge is 2.21. The van der Waals surface area contributed by atoms with Gasteiger partial charge in [-0.1, -0.05) is 19.0 Å². The fourth-order valence-electron chi connectivity index (χ4n) is 3.00. The Morgan fingerprint density at radius 1 is 1.19 bits per heavy atom. The Morgan fingerprint density at radius 3 is 2.44 bits per heavy atom. The van der Waals surface area contributed by atoms with Crippen molar-refractivity contribution in [1.82, 2.24) is 10.0 Å². The maximum Gasteiger partial charge on any atom is 0.262 e. The van der Waals surface area contributed by atoms with Gasteiger partial charge in [-0.3, -0.25) is 19.4 Å². The van der Waals surface area contributed by atoms with Crippen molar-refractivity contribution < 1.29 is 19.5 Å². The Morgan fingerprint density at radius 2 is 1.85 bits per heavy atom. The Balaban J connectivity index is 0.00000261. The van der Waals surface area contributed by atoms with Crippen LogP contribution in [-0.2, 0) is 11.2 Å². The van der Waals surface area contributed by atoms with Crippen molar-refractivity contribution >= 4 is 34.3 Å². The molecule has 0 bridgehead atoms. The van der Waals surface area contributed by atoms with Crippen LogP contribution in [0.25, 0.3) is 10.9 Å². The molecule has 1 amide bonds. The molecule has 142 valence electrons. The smallest absolute Gasteiger partial charge is 0.262 e. The van der Waals surface area contributed by atoms with Gasteiger partial charge in [0.2, 0.25) is 5.91 Å². The van der Waals surface area contributed by atoms with Gasteiger partial charge in [0.05, 0.1) is 19.0 Å². The fraction of sp³-hybridized carbons (Fsp3) is 0.200. The Kier molecular flexibility index (Phi) is 6.25. The second-order valence-corrected chi connectivity index (χ2v) is 6.24. The van der Waals surface area contributed by atoms with Gasteiger partial charge in [-0.05, 0) is 55.0 Å². The van der Waals surface area contributed by atoms with Crippen LogP contribution in [0.3, 0.4) is 0 Å². The van der Waals surface area contributed by atoms with Gasteiger partial charge in [0.1, 0.15) is 5.75 Å². The van der Waals surface area contributed by atoms with E-state index in [0.717, 1.165) is 0 Å². The summed E-state index contributed by atoms with van der Waals surface area (Å²) in [6.07, 6.45) is -0.0626. The van der Waals surface area contributed by atoms with E-state index in [9.17, 15) is 9.59 Å². The van der Waals surface area contributed by atoms with Crippen LogP contribution in [0.15, 0.2) is 42.5 Å². The van der Waals surface area contributed by atoms with Gasteiger partial charge in [0.15, 0.2) is 0 Å². The maximum atomic E-state index is 13.1. The standard InChI is InChI=1S/C19H17ClN2O4.CH4/c1-11-15(10-18(23)21-25)16-9-14(26-2)7-8-17(16)22(11)19(24)12-3-5-13(20)6-4-12;/h3-9,25H,10H2,1-2H3,(H,21,23);1H4. The molecule has 0 aliphatic heterocycles. The molecule has 7 heteroatoms. The molecule has 0 radical (unpaired) electrons. The number of fused-ring (bicyclic) bond motifs is 1. The molecule has 2 aromatic carbocycles. The lowest BCUT2D eigenvalue weighted by Gasteiger charge is -2.08. The van der Waals surface area contributed by atoms with Crippen LogP contribution in [0.1, 0.15) is 29.0 Å². The van der Waals surface area contributed by atoms with Crippen molar-refractivity contribution in [1.29, 1.82) is 0 Å². The Bertz CT molecular complexity index is 993. The molecule has 27 heavy (non-hydrogen) atoms. The molecule has 2 N–H and O–H groups in total. The first-order valence-corrected chi connectivity index (χ1v) is 8.25. The minimum atomic E-state index is -0.561. The van der Waals surface area contributed by atoms with E-state index in [2.05, 4.69) is 0 Å². The molecule has 1 aromatic heterocycles. The average molecular weight is 389 g/mol. The van der Waals surface area contributed by atoms with Gasteiger partial charge < -0.3 is 4.74 Å². The zero-order chi connectivity index (χ0) is 18.8. The predicted molar refractivity (Wildman–Crippen MR) is 105 cm³/mol. The summed E-state index contributed by atoms with van der Waals surface area (Å²) < 4.78 is 6.81. The molecular formula is C20H21ClN2O4. The number of nitrogens with zero attached hydrogens (tertiary/aromatic N) is 1. The van der Waals surface area contributed by atoms with Gasteiger partial charge in [-0.15, -0.1) is 0 Å². The average Bonchev–Trinajstić information content (AvgIpc) is 2.92. The molecule has 0 aliphatic rings. The van der Waals surface area contributed by atoms with Gasteiger partial charge in [0, 0.05) is 21.7 Å². The summed E-state index contributed by atoms with van der Waals surface area (Å²) in [6, 6.07) is 11.9. The van der Waals surface area contributed by atoms with E-state index in [-0.39, 0.29) is 19.8 Å². The highest BCUT2D eigenvalue weighted by molar-refractivity contribution is 6.30. The molecule has 0 aliphatic carbocycles. The van der Waals surface area contributed by atoms with Gasteiger partial charge in [0.25, 0.3) is 5.91 Å². The predicted octanol–water partition coefficient (Wildman–Crippen LogP) is 3.98. The number of ether oxygens (including phenoxy) is 1. The van der Waals surface area contributed by atoms with Crippen molar-refractivity contribution in [2.45, 2.75) is 20.8 Å². The highest BCUT2D eigenvalue weighted by atomic mass is 35.5. The monoisotopic (exact) mass is 388 g/mol. The van der Waals surface area contributed by atoms with E-state index >= 15 is 0 Å². The van der Waals surface area contributed by atoms with Crippen molar-refractivity contribution in [2.75, 3.05) is 7.11 Å². The summed E-state index contributed by atoms with van der Waals surface area (Å²) in [4.78, 5) is 24.8. The molecule has 0 atom stereocenters. The third-order valence-electron chi connectivity index (χ3n) is 4.30. The normalized spacial score (nSPS) is 10.4. The summed E-state index contributed by atoms with van der Waals surface area (Å²) in [5.41, 5.74) is 4.03. The van der Waals surface area contributed by atoms with Crippen LogP contribution in [0.4, 0.5) is 0 Å². The lowest BCUT2D eigenvalue weighted by atomic mass is 10.1. The summed E-state index contributed by atoms with van der Waals surface area (Å²) in [6.45, 7) is 1.76. The number of rotatable bonds is 4. The van der Waals surface area contributed by atoms with Crippen LogP contribution in [0.5, 0.6) is 5.75 Å². The largest absolute Gasteiger partial charge is 0.497 e. The molecule has 0 unspecified atom stereocenters. The van der Waals surface area contributed by atoms with E-state index in [1.54, 1.807) is 66.5 Å². The second kappa shape index (κ2) is 8.24. The van der Waals surface area contributed by atoms with E-state index < -0.39 is 5.91 Å².